The minimum atomic E-state index is -1.04. The molecule has 0 aliphatic rings. The first-order valence-corrected chi connectivity index (χ1v) is 4.08. The molecular weight excluding hydrogens is 191 g/mol. The number of carbonyl (C=O) groups excluding carboxylic acids is 2. The second kappa shape index (κ2) is 6.12. The van der Waals surface area contributed by atoms with Crippen molar-refractivity contribution >= 4 is 11.9 Å². The molecule has 5 heteroatoms. The van der Waals surface area contributed by atoms with E-state index in [1.54, 1.807) is 0 Å². The average molecular weight is 204 g/mol. The molecule has 0 saturated carbocycles. The molecule has 0 aromatic carbocycles. The predicted molar refractivity (Wildman–Crippen MR) is 47.3 cm³/mol. The van der Waals surface area contributed by atoms with Crippen molar-refractivity contribution in [1.82, 2.24) is 0 Å². The Morgan fingerprint density at radius 3 is 2.50 bits per heavy atom. The number of alkyl halides is 1. The average Bonchev–Trinajstić information content (AvgIpc) is 2.13. The summed E-state index contributed by atoms with van der Waals surface area (Å²) in [6.45, 7) is 5.07. The van der Waals surface area contributed by atoms with Gasteiger partial charge in [0, 0.05) is 5.57 Å². The molecule has 0 amide bonds. The Kier molecular flexibility index (Phi) is 5.52. The lowest BCUT2D eigenvalue weighted by molar-refractivity contribution is -0.164. The summed E-state index contributed by atoms with van der Waals surface area (Å²) in [6, 6.07) is 0. The maximum atomic E-state index is 11.6. The number of ether oxygens (including phenoxy) is 2. The van der Waals surface area contributed by atoms with Gasteiger partial charge in [-0.15, -0.1) is 0 Å². The Labute approximate surface area is 81.7 Å². The van der Waals surface area contributed by atoms with E-state index in [9.17, 15) is 14.0 Å². The fourth-order valence-electron chi connectivity index (χ4n) is 0.566. The number of hydrogen-bond donors (Lipinski definition) is 0. The predicted octanol–water partition coefficient (Wildman–Crippen LogP) is 1.01. The van der Waals surface area contributed by atoms with Crippen LogP contribution < -0.4 is 0 Å². The largest absolute Gasteiger partial charge is 0.460 e. The molecule has 0 radical (unpaired) electrons. The molecule has 0 saturated heterocycles. The molecule has 0 aromatic heterocycles. The van der Waals surface area contributed by atoms with Gasteiger partial charge in [0.2, 0.25) is 0 Å². The first kappa shape index (κ1) is 12.6. The lowest BCUT2D eigenvalue weighted by Crippen LogP contribution is -2.27. The van der Waals surface area contributed by atoms with Gasteiger partial charge >= 0.3 is 11.9 Å². The highest BCUT2D eigenvalue weighted by molar-refractivity contribution is 5.89. The summed E-state index contributed by atoms with van der Waals surface area (Å²) < 4.78 is 20.7. The smallest absolute Gasteiger partial charge is 0.347 e. The number of halogens is 1. The quantitative estimate of drug-likeness (QED) is 0.495. The van der Waals surface area contributed by atoms with E-state index in [0.29, 0.717) is 0 Å². The summed E-state index contributed by atoms with van der Waals surface area (Å²) in [7, 11) is 0. The van der Waals surface area contributed by atoms with Crippen molar-refractivity contribution in [3.05, 3.63) is 12.2 Å². The van der Waals surface area contributed by atoms with Gasteiger partial charge in [-0.2, -0.15) is 0 Å². The summed E-state index contributed by atoms with van der Waals surface area (Å²) in [5.41, 5.74) is 0.190. The van der Waals surface area contributed by atoms with E-state index in [1.807, 2.05) is 0 Å². The summed E-state index contributed by atoms with van der Waals surface area (Å²) in [6.07, 6.45) is -1.04. The van der Waals surface area contributed by atoms with E-state index < -0.39 is 24.7 Å². The zero-order valence-electron chi connectivity index (χ0n) is 8.21. The van der Waals surface area contributed by atoms with Crippen LogP contribution in [0.4, 0.5) is 4.39 Å². The fraction of sp³-hybridized carbons (Fsp3) is 0.556. The molecule has 14 heavy (non-hydrogen) atoms. The van der Waals surface area contributed by atoms with Crippen LogP contribution in [0.15, 0.2) is 12.2 Å². The van der Waals surface area contributed by atoms with Gasteiger partial charge in [-0.1, -0.05) is 6.58 Å². The van der Waals surface area contributed by atoms with E-state index in [2.05, 4.69) is 16.1 Å². The van der Waals surface area contributed by atoms with Gasteiger partial charge in [0.05, 0.1) is 0 Å². The number of esters is 2. The Bertz CT molecular complexity index is 237. The summed E-state index contributed by atoms with van der Waals surface area (Å²) in [5, 5.41) is 0. The van der Waals surface area contributed by atoms with Crippen LogP contribution in [0.2, 0.25) is 0 Å². The maximum Gasteiger partial charge on any atom is 0.347 e. The third-order valence-corrected chi connectivity index (χ3v) is 1.29. The van der Waals surface area contributed by atoms with Gasteiger partial charge < -0.3 is 9.47 Å². The van der Waals surface area contributed by atoms with Gasteiger partial charge in [0.1, 0.15) is 13.3 Å². The van der Waals surface area contributed by atoms with E-state index >= 15 is 0 Å². The third kappa shape index (κ3) is 4.59. The molecule has 1 unspecified atom stereocenters. The van der Waals surface area contributed by atoms with E-state index in [1.165, 1.54) is 13.8 Å². The second-order valence-electron chi connectivity index (χ2n) is 2.68. The monoisotopic (exact) mass is 204 g/mol. The zero-order valence-corrected chi connectivity index (χ0v) is 8.21. The first-order valence-electron chi connectivity index (χ1n) is 4.08. The van der Waals surface area contributed by atoms with E-state index in [-0.39, 0.29) is 12.2 Å². The molecule has 1 atom stereocenters. The van der Waals surface area contributed by atoms with E-state index in [0.717, 1.165) is 0 Å². The molecule has 0 aliphatic carbocycles. The Morgan fingerprint density at radius 2 is 2.07 bits per heavy atom. The molecule has 0 fully saturated rings. The van der Waals surface area contributed by atoms with Crippen molar-refractivity contribution < 1.29 is 23.5 Å². The van der Waals surface area contributed by atoms with Crippen molar-refractivity contribution in [2.75, 3.05) is 13.3 Å². The van der Waals surface area contributed by atoms with Crippen molar-refractivity contribution in [3.8, 4) is 0 Å². The highest BCUT2D eigenvalue weighted by atomic mass is 19.1. The summed E-state index contributed by atoms with van der Waals surface area (Å²) >= 11 is 0. The lowest BCUT2D eigenvalue weighted by Gasteiger charge is -2.11. The SMILES string of the molecule is C=C(C)C(=O)OC(C)C(=O)OCCF. The molecule has 0 heterocycles. The second-order valence-corrected chi connectivity index (χ2v) is 2.68. The molecule has 80 valence electrons. The summed E-state index contributed by atoms with van der Waals surface area (Å²) in [5.74, 6) is -1.44. The molecule has 4 nitrogen and oxygen atoms in total. The van der Waals surface area contributed by atoms with Crippen molar-refractivity contribution in [2.45, 2.75) is 20.0 Å². The lowest BCUT2D eigenvalue weighted by atomic mass is 10.3. The zero-order chi connectivity index (χ0) is 11.1. The van der Waals surface area contributed by atoms with Crippen LogP contribution in [0.5, 0.6) is 0 Å². The topological polar surface area (TPSA) is 52.6 Å². The maximum absolute atomic E-state index is 11.6. The van der Waals surface area contributed by atoms with Gasteiger partial charge in [-0.05, 0) is 13.8 Å². The minimum Gasteiger partial charge on any atom is -0.460 e. The first-order chi connectivity index (χ1) is 6.49. The Morgan fingerprint density at radius 1 is 1.50 bits per heavy atom. The Balaban J connectivity index is 3.95. The van der Waals surface area contributed by atoms with Crippen molar-refractivity contribution in [3.63, 3.8) is 0 Å². The van der Waals surface area contributed by atoms with Crippen LogP contribution in [-0.4, -0.2) is 31.3 Å². The molecule has 0 spiro atoms. The Hall–Kier alpha value is -1.39. The normalized spacial score (nSPS) is 11.6. The molecule has 0 aliphatic heterocycles. The van der Waals surface area contributed by atoms with Crippen LogP contribution in [0.25, 0.3) is 0 Å². The van der Waals surface area contributed by atoms with Crippen LogP contribution in [0.1, 0.15) is 13.8 Å². The fourth-order valence-corrected chi connectivity index (χ4v) is 0.566. The summed E-state index contributed by atoms with van der Waals surface area (Å²) in [4.78, 5) is 21.9. The number of carbonyl (C=O) groups is 2. The van der Waals surface area contributed by atoms with Gasteiger partial charge in [-0.3, -0.25) is 0 Å². The van der Waals surface area contributed by atoms with Gasteiger partial charge in [-0.25, -0.2) is 14.0 Å². The highest BCUT2D eigenvalue weighted by Gasteiger charge is 2.19. The highest BCUT2D eigenvalue weighted by Crippen LogP contribution is 2.00. The number of hydrogen-bond acceptors (Lipinski definition) is 4. The molecule has 0 rings (SSSR count). The minimum absolute atomic E-state index is 0.190. The third-order valence-electron chi connectivity index (χ3n) is 1.29. The molecular formula is C9H13FO4. The standard InChI is InChI=1S/C9H13FO4/c1-6(2)8(11)14-7(3)9(12)13-5-4-10/h7H,1,4-5H2,2-3H3. The molecule has 0 bridgehead atoms. The molecule has 0 aromatic rings. The van der Waals surface area contributed by atoms with Crippen LogP contribution >= 0.6 is 0 Å². The van der Waals surface area contributed by atoms with Gasteiger partial charge in [0.25, 0.3) is 0 Å². The van der Waals surface area contributed by atoms with Crippen molar-refractivity contribution in [1.29, 1.82) is 0 Å². The molecule has 0 N–H and O–H groups in total. The van der Waals surface area contributed by atoms with E-state index in [4.69, 9.17) is 0 Å². The van der Waals surface area contributed by atoms with Crippen LogP contribution in [-0.2, 0) is 19.1 Å². The van der Waals surface area contributed by atoms with Gasteiger partial charge in [0.15, 0.2) is 6.10 Å². The van der Waals surface area contributed by atoms with Crippen LogP contribution in [0.3, 0.4) is 0 Å². The van der Waals surface area contributed by atoms with Crippen molar-refractivity contribution in [2.24, 2.45) is 0 Å². The van der Waals surface area contributed by atoms with Crippen LogP contribution in [0, 0.1) is 0 Å². The number of rotatable bonds is 5.